The zero-order chi connectivity index (χ0) is 17.4. The largest absolute Gasteiger partial charge is 0.344 e. The van der Waals surface area contributed by atoms with Crippen molar-refractivity contribution in [1.29, 1.82) is 0 Å². The third kappa shape index (κ3) is 2.50. The van der Waals surface area contributed by atoms with Crippen molar-refractivity contribution in [3.63, 3.8) is 0 Å². The quantitative estimate of drug-likeness (QED) is 0.831. The van der Waals surface area contributed by atoms with Crippen molar-refractivity contribution < 1.29 is 9.59 Å². The van der Waals surface area contributed by atoms with E-state index in [1.54, 1.807) is 39.2 Å². The van der Waals surface area contributed by atoms with E-state index >= 15 is 0 Å². The maximum Gasteiger partial charge on any atom is 0.254 e. The molecule has 0 saturated carbocycles. The summed E-state index contributed by atoms with van der Waals surface area (Å²) in [5.41, 5.74) is 0.863. The average molecular weight is 339 g/mol. The molecule has 7 nitrogen and oxygen atoms in total. The number of hydrogen-bond donors (Lipinski definition) is 0. The van der Waals surface area contributed by atoms with Gasteiger partial charge < -0.3 is 9.80 Å². The topological polar surface area (TPSA) is 71.3 Å². The first-order valence-corrected chi connectivity index (χ1v) is 8.64. The van der Waals surface area contributed by atoms with Crippen LogP contribution >= 0.6 is 0 Å². The lowest BCUT2D eigenvalue weighted by Gasteiger charge is -2.43. The van der Waals surface area contributed by atoms with Crippen molar-refractivity contribution in [2.24, 2.45) is 0 Å². The molecule has 2 saturated heterocycles. The Kier molecular flexibility index (Phi) is 3.78. The first kappa shape index (κ1) is 15.8. The number of carbonyl (C=O) groups excluding carboxylic acids is 2. The molecule has 4 rings (SSSR count). The second-order valence-corrected chi connectivity index (χ2v) is 6.84. The van der Waals surface area contributed by atoms with Gasteiger partial charge in [0.1, 0.15) is 18.2 Å². The van der Waals surface area contributed by atoms with E-state index in [0.29, 0.717) is 12.1 Å². The Labute approximate surface area is 146 Å². The second-order valence-electron chi connectivity index (χ2n) is 6.84. The molecule has 2 aliphatic rings. The fourth-order valence-corrected chi connectivity index (χ4v) is 4.10. The smallest absolute Gasteiger partial charge is 0.254 e. The summed E-state index contributed by atoms with van der Waals surface area (Å²) in [7, 11) is 1.83. The number of amides is 2. The van der Waals surface area contributed by atoms with Gasteiger partial charge in [-0.05, 0) is 49.9 Å². The van der Waals surface area contributed by atoms with Crippen molar-refractivity contribution in [2.45, 2.75) is 31.2 Å². The number of benzene rings is 1. The van der Waals surface area contributed by atoms with Crippen molar-refractivity contribution in [1.82, 2.24) is 24.6 Å². The van der Waals surface area contributed by atoms with Crippen LogP contribution in [-0.2, 0) is 4.79 Å². The van der Waals surface area contributed by atoms with Crippen LogP contribution in [0.25, 0.3) is 5.69 Å². The van der Waals surface area contributed by atoms with E-state index in [9.17, 15) is 9.59 Å². The lowest BCUT2D eigenvalue weighted by Crippen LogP contribution is -2.60. The predicted molar refractivity (Wildman–Crippen MR) is 91.2 cm³/mol. The van der Waals surface area contributed by atoms with Gasteiger partial charge in [-0.15, -0.1) is 10.2 Å². The molecule has 0 N–H and O–H groups in total. The SMILES string of the molecule is CN1CCCC2(CCCN2C(=O)c2ccc(-n3cnnc3)cc2)C1=O. The van der Waals surface area contributed by atoms with Gasteiger partial charge in [-0.3, -0.25) is 14.2 Å². The Balaban J connectivity index is 1.60. The third-order valence-corrected chi connectivity index (χ3v) is 5.39. The fraction of sp³-hybridized carbons (Fsp3) is 0.444. The van der Waals surface area contributed by atoms with Gasteiger partial charge in [0, 0.05) is 31.4 Å². The number of likely N-dealkylation sites (N-methyl/N-ethyl adjacent to an activating group) is 1. The summed E-state index contributed by atoms with van der Waals surface area (Å²) >= 11 is 0. The van der Waals surface area contributed by atoms with Crippen LogP contribution in [0.3, 0.4) is 0 Å². The fourth-order valence-electron chi connectivity index (χ4n) is 4.10. The molecule has 130 valence electrons. The minimum absolute atomic E-state index is 0.0588. The highest BCUT2D eigenvalue weighted by Gasteiger charge is 2.52. The average Bonchev–Trinajstić information content (AvgIpc) is 3.30. The number of rotatable bonds is 2. The predicted octanol–water partition coefficient (Wildman–Crippen LogP) is 1.49. The van der Waals surface area contributed by atoms with Gasteiger partial charge in [-0.25, -0.2) is 0 Å². The highest BCUT2D eigenvalue weighted by molar-refractivity contribution is 6.00. The first-order chi connectivity index (χ1) is 12.1. The normalized spacial score (nSPS) is 23.5. The summed E-state index contributed by atoms with van der Waals surface area (Å²) in [6, 6.07) is 7.35. The van der Waals surface area contributed by atoms with Gasteiger partial charge in [0.15, 0.2) is 0 Å². The molecule has 1 unspecified atom stereocenters. The first-order valence-electron chi connectivity index (χ1n) is 8.64. The Morgan fingerprint density at radius 2 is 1.68 bits per heavy atom. The molecule has 1 atom stereocenters. The Morgan fingerprint density at radius 3 is 2.36 bits per heavy atom. The van der Waals surface area contributed by atoms with Gasteiger partial charge in [-0.2, -0.15) is 0 Å². The Morgan fingerprint density at radius 1 is 1.04 bits per heavy atom. The molecule has 0 radical (unpaired) electrons. The summed E-state index contributed by atoms with van der Waals surface area (Å²) in [5, 5.41) is 7.57. The number of piperidine rings is 1. The summed E-state index contributed by atoms with van der Waals surface area (Å²) < 4.78 is 1.78. The maximum absolute atomic E-state index is 13.1. The monoisotopic (exact) mass is 339 g/mol. The van der Waals surface area contributed by atoms with Crippen LogP contribution < -0.4 is 0 Å². The molecule has 1 aromatic carbocycles. The van der Waals surface area contributed by atoms with Crippen LogP contribution in [0.4, 0.5) is 0 Å². The van der Waals surface area contributed by atoms with Crippen LogP contribution in [0.5, 0.6) is 0 Å². The molecule has 0 bridgehead atoms. The minimum atomic E-state index is -0.642. The van der Waals surface area contributed by atoms with E-state index in [1.165, 1.54) is 0 Å². The lowest BCUT2D eigenvalue weighted by molar-refractivity contribution is -0.144. The minimum Gasteiger partial charge on any atom is -0.344 e. The number of aromatic nitrogens is 3. The summed E-state index contributed by atoms with van der Waals surface area (Å²) in [6.45, 7) is 1.42. The second kappa shape index (κ2) is 5.98. The Bertz CT molecular complexity index is 786. The number of hydrogen-bond acceptors (Lipinski definition) is 4. The van der Waals surface area contributed by atoms with Crippen LogP contribution in [0.15, 0.2) is 36.9 Å². The van der Waals surface area contributed by atoms with E-state index in [2.05, 4.69) is 10.2 Å². The number of carbonyl (C=O) groups is 2. The molecule has 7 heteroatoms. The maximum atomic E-state index is 13.1. The van der Waals surface area contributed by atoms with Crippen molar-refractivity contribution in [3.8, 4) is 5.69 Å². The molecule has 25 heavy (non-hydrogen) atoms. The lowest BCUT2D eigenvalue weighted by atomic mass is 9.85. The highest BCUT2D eigenvalue weighted by atomic mass is 16.2. The van der Waals surface area contributed by atoms with Gasteiger partial charge in [0.2, 0.25) is 5.91 Å². The van der Waals surface area contributed by atoms with E-state index in [0.717, 1.165) is 37.9 Å². The number of nitrogens with zero attached hydrogens (tertiary/aromatic N) is 5. The van der Waals surface area contributed by atoms with Gasteiger partial charge in [0.05, 0.1) is 0 Å². The van der Waals surface area contributed by atoms with Gasteiger partial charge >= 0.3 is 0 Å². The molecule has 1 spiro atoms. The van der Waals surface area contributed by atoms with Crippen molar-refractivity contribution in [2.75, 3.05) is 20.1 Å². The van der Waals surface area contributed by atoms with Gasteiger partial charge in [0.25, 0.3) is 5.91 Å². The Hall–Kier alpha value is -2.70. The van der Waals surface area contributed by atoms with Gasteiger partial charge in [-0.1, -0.05) is 0 Å². The molecule has 3 heterocycles. The van der Waals surface area contributed by atoms with E-state index in [4.69, 9.17) is 0 Å². The van der Waals surface area contributed by atoms with Crippen LogP contribution in [-0.4, -0.2) is 62.1 Å². The summed E-state index contributed by atoms with van der Waals surface area (Å²) in [4.78, 5) is 29.5. The van der Waals surface area contributed by atoms with Crippen LogP contribution in [0.1, 0.15) is 36.0 Å². The van der Waals surface area contributed by atoms with Crippen molar-refractivity contribution >= 4 is 11.8 Å². The molecular formula is C18H21N5O2. The van der Waals surface area contributed by atoms with Crippen molar-refractivity contribution in [3.05, 3.63) is 42.5 Å². The van der Waals surface area contributed by atoms with E-state index in [-0.39, 0.29) is 11.8 Å². The summed E-state index contributed by atoms with van der Waals surface area (Å²) in [6.07, 6.45) is 6.58. The van der Waals surface area contributed by atoms with E-state index < -0.39 is 5.54 Å². The standard InChI is InChI=1S/C18H21N5O2/c1-21-10-2-8-18(17(21)25)9-3-11-23(18)16(24)14-4-6-15(7-5-14)22-12-19-20-13-22/h4-7,12-13H,2-3,8-11H2,1H3. The highest BCUT2D eigenvalue weighted by Crippen LogP contribution is 2.38. The molecule has 1 aromatic heterocycles. The molecule has 2 amide bonds. The zero-order valence-corrected chi connectivity index (χ0v) is 14.3. The molecule has 2 aromatic rings. The third-order valence-electron chi connectivity index (χ3n) is 5.39. The molecular weight excluding hydrogens is 318 g/mol. The summed E-state index contributed by atoms with van der Waals surface area (Å²) in [5.74, 6) is 0.0298. The number of likely N-dealkylation sites (tertiary alicyclic amines) is 2. The molecule has 2 aliphatic heterocycles. The molecule has 0 aliphatic carbocycles. The van der Waals surface area contributed by atoms with Crippen LogP contribution in [0.2, 0.25) is 0 Å². The molecule has 2 fully saturated rings. The zero-order valence-electron chi connectivity index (χ0n) is 14.3. The van der Waals surface area contributed by atoms with Crippen LogP contribution in [0, 0.1) is 0 Å². The van der Waals surface area contributed by atoms with E-state index in [1.807, 2.05) is 19.2 Å².